The first-order chi connectivity index (χ1) is 5.27. The fraction of sp³-hybridized carbons (Fsp3) is 0.429. The van der Waals surface area contributed by atoms with Crippen LogP contribution < -0.4 is 5.43 Å². The van der Waals surface area contributed by atoms with Crippen molar-refractivity contribution >= 4 is 12.1 Å². The maximum absolute atomic E-state index is 4.34. The van der Waals surface area contributed by atoms with E-state index in [2.05, 4.69) is 15.4 Å². The number of allylic oxidation sites excluding steroid dienone is 1. The molecule has 0 amide bonds. The van der Waals surface area contributed by atoms with Crippen LogP contribution in [0, 0.1) is 0 Å². The van der Waals surface area contributed by atoms with Crippen LogP contribution in [0.4, 0.5) is 0 Å². The number of hydrazine groups is 1. The largest absolute Gasteiger partial charge is 0.285 e. The molecule has 1 atom stereocenters. The first-order valence-electron chi connectivity index (χ1n) is 3.57. The summed E-state index contributed by atoms with van der Waals surface area (Å²) in [7, 11) is 0. The minimum Gasteiger partial charge on any atom is -0.285 e. The van der Waals surface area contributed by atoms with Gasteiger partial charge in [-0.15, -0.1) is 0 Å². The summed E-state index contributed by atoms with van der Waals surface area (Å²) in [5.74, 6) is 0. The number of aliphatic imine (C=N–C) groups is 2. The van der Waals surface area contributed by atoms with Crippen LogP contribution >= 0.6 is 0 Å². The molecule has 0 fully saturated rings. The molecular weight excluding hydrogens is 140 g/mol. The van der Waals surface area contributed by atoms with E-state index in [1.165, 1.54) is 5.57 Å². The fourth-order valence-corrected chi connectivity index (χ4v) is 1.08. The Balaban J connectivity index is 2.31. The molecule has 1 N–H and O–H groups in total. The van der Waals surface area contributed by atoms with Gasteiger partial charge in [-0.2, -0.15) is 0 Å². The first kappa shape index (κ1) is 6.39. The summed E-state index contributed by atoms with van der Waals surface area (Å²) < 4.78 is 0. The lowest BCUT2D eigenvalue weighted by Gasteiger charge is -2.23. The molecule has 58 valence electrons. The Morgan fingerprint density at radius 2 is 2.36 bits per heavy atom. The maximum Gasteiger partial charge on any atom is 0.235 e. The van der Waals surface area contributed by atoms with Crippen molar-refractivity contribution in [1.82, 2.24) is 10.4 Å². The average molecular weight is 150 g/mol. The Morgan fingerprint density at radius 1 is 1.55 bits per heavy atom. The highest BCUT2D eigenvalue weighted by molar-refractivity contribution is 5.98. The maximum atomic E-state index is 4.34. The van der Waals surface area contributed by atoms with Gasteiger partial charge in [-0.1, -0.05) is 0 Å². The van der Waals surface area contributed by atoms with Crippen LogP contribution in [0.1, 0.15) is 13.8 Å². The summed E-state index contributed by atoms with van der Waals surface area (Å²) >= 11 is 0. The van der Waals surface area contributed by atoms with E-state index in [0.29, 0.717) is 0 Å². The summed E-state index contributed by atoms with van der Waals surface area (Å²) in [6.45, 7) is 4.03. The molecule has 0 aromatic heterocycles. The number of nitrogens with one attached hydrogen (secondary N) is 1. The van der Waals surface area contributed by atoms with Crippen molar-refractivity contribution < 1.29 is 0 Å². The number of rotatable bonds is 0. The highest BCUT2D eigenvalue weighted by Gasteiger charge is 2.20. The standard InChI is InChI=1S/C7H10N4/c1-5-3-11-7(8-4-9-11)10-6(5)2/h3-4,7H,1-2H3,(H,8,9). The molecule has 4 heteroatoms. The molecule has 2 rings (SSSR count). The molecule has 4 nitrogen and oxygen atoms in total. The van der Waals surface area contributed by atoms with Crippen LogP contribution in [0.25, 0.3) is 0 Å². The monoisotopic (exact) mass is 150 g/mol. The van der Waals surface area contributed by atoms with Crippen molar-refractivity contribution in [3.8, 4) is 0 Å². The molecule has 0 aromatic carbocycles. The van der Waals surface area contributed by atoms with E-state index in [-0.39, 0.29) is 6.29 Å². The van der Waals surface area contributed by atoms with E-state index in [0.717, 1.165) is 5.71 Å². The third-order valence-corrected chi connectivity index (χ3v) is 1.88. The van der Waals surface area contributed by atoms with Crippen LogP contribution in [-0.2, 0) is 0 Å². The van der Waals surface area contributed by atoms with Gasteiger partial charge in [-0.3, -0.25) is 5.43 Å². The van der Waals surface area contributed by atoms with Crippen molar-refractivity contribution in [3.05, 3.63) is 11.8 Å². The molecule has 2 heterocycles. The summed E-state index contributed by atoms with van der Waals surface area (Å²) in [5.41, 5.74) is 5.21. The molecular formula is C7H10N4. The van der Waals surface area contributed by atoms with Crippen molar-refractivity contribution in [1.29, 1.82) is 0 Å². The van der Waals surface area contributed by atoms with E-state index >= 15 is 0 Å². The Bertz CT molecular complexity index is 264. The number of hydrogen-bond acceptors (Lipinski definition) is 4. The topological polar surface area (TPSA) is 40.0 Å². The lowest BCUT2D eigenvalue weighted by Crippen LogP contribution is -2.35. The van der Waals surface area contributed by atoms with Gasteiger partial charge in [0.2, 0.25) is 6.29 Å². The number of hydrogen-bond donors (Lipinski definition) is 1. The van der Waals surface area contributed by atoms with Gasteiger partial charge in [0, 0.05) is 11.9 Å². The zero-order chi connectivity index (χ0) is 7.84. The normalized spacial score (nSPS) is 27.5. The Hall–Kier alpha value is -1.32. The van der Waals surface area contributed by atoms with E-state index < -0.39 is 0 Å². The van der Waals surface area contributed by atoms with Crippen molar-refractivity contribution in [2.45, 2.75) is 20.1 Å². The van der Waals surface area contributed by atoms with Crippen LogP contribution in [0.2, 0.25) is 0 Å². The number of nitrogens with zero attached hydrogens (tertiary/aromatic N) is 3. The van der Waals surface area contributed by atoms with Crippen molar-refractivity contribution in [3.63, 3.8) is 0 Å². The van der Waals surface area contributed by atoms with Gasteiger partial charge in [0.25, 0.3) is 0 Å². The van der Waals surface area contributed by atoms with Gasteiger partial charge in [0.15, 0.2) is 0 Å². The molecule has 2 aliphatic heterocycles. The van der Waals surface area contributed by atoms with Crippen LogP contribution in [0.3, 0.4) is 0 Å². The van der Waals surface area contributed by atoms with E-state index in [4.69, 9.17) is 0 Å². The Labute approximate surface area is 65.3 Å². The second-order valence-electron chi connectivity index (χ2n) is 2.69. The molecule has 0 spiro atoms. The summed E-state index contributed by atoms with van der Waals surface area (Å²) in [5, 5.41) is 1.88. The van der Waals surface area contributed by atoms with Crippen molar-refractivity contribution in [2.75, 3.05) is 0 Å². The van der Waals surface area contributed by atoms with Gasteiger partial charge in [-0.25, -0.2) is 15.0 Å². The molecule has 0 radical (unpaired) electrons. The van der Waals surface area contributed by atoms with Gasteiger partial charge in [0.1, 0.15) is 6.34 Å². The second kappa shape index (κ2) is 2.08. The molecule has 2 aliphatic rings. The molecule has 0 aromatic rings. The molecule has 0 saturated heterocycles. The quantitative estimate of drug-likeness (QED) is 0.546. The third kappa shape index (κ3) is 0.906. The molecule has 0 aliphatic carbocycles. The lowest BCUT2D eigenvalue weighted by molar-refractivity contribution is 0.279. The van der Waals surface area contributed by atoms with E-state index in [1.807, 2.05) is 25.1 Å². The highest BCUT2D eigenvalue weighted by atomic mass is 15.6. The van der Waals surface area contributed by atoms with E-state index in [1.54, 1.807) is 6.34 Å². The smallest absolute Gasteiger partial charge is 0.235 e. The second-order valence-corrected chi connectivity index (χ2v) is 2.69. The summed E-state index contributed by atoms with van der Waals surface area (Å²) in [6, 6.07) is 0. The summed E-state index contributed by atoms with van der Waals surface area (Å²) in [4.78, 5) is 8.44. The Morgan fingerprint density at radius 3 is 3.18 bits per heavy atom. The van der Waals surface area contributed by atoms with Gasteiger partial charge < -0.3 is 0 Å². The number of fused-ring (bicyclic) bond motifs is 1. The van der Waals surface area contributed by atoms with Gasteiger partial charge >= 0.3 is 0 Å². The summed E-state index contributed by atoms with van der Waals surface area (Å²) in [6.07, 6.45) is 3.61. The third-order valence-electron chi connectivity index (χ3n) is 1.88. The predicted molar refractivity (Wildman–Crippen MR) is 44.1 cm³/mol. The highest BCUT2D eigenvalue weighted by Crippen LogP contribution is 2.14. The zero-order valence-electron chi connectivity index (χ0n) is 6.57. The zero-order valence-corrected chi connectivity index (χ0v) is 6.57. The SMILES string of the molecule is CC1=CN2NC=NC2N=C1C. The van der Waals surface area contributed by atoms with Crippen LogP contribution in [-0.4, -0.2) is 23.3 Å². The van der Waals surface area contributed by atoms with Crippen LogP contribution in [0.5, 0.6) is 0 Å². The molecule has 11 heavy (non-hydrogen) atoms. The van der Waals surface area contributed by atoms with Gasteiger partial charge in [0.05, 0.1) is 0 Å². The lowest BCUT2D eigenvalue weighted by atomic mass is 10.2. The predicted octanol–water partition coefficient (Wildman–Crippen LogP) is 0.497. The minimum atomic E-state index is -0.0706. The average Bonchev–Trinajstić information content (AvgIpc) is 2.36. The van der Waals surface area contributed by atoms with Crippen LogP contribution in [0.15, 0.2) is 21.8 Å². The Kier molecular flexibility index (Phi) is 1.21. The fourth-order valence-electron chi connectivity index (χ4n) is 1.08. The molecule has 0 saturated carbocycles. The minimum absolute atomic E-state index is 0.0706. The van der Waals surface area contributed by atoms with E-state index in [9.17, 15) is 0 Å². The first-order valence-corrected chi connectivity index (χ1v) is 3.57. The molecule has 1 unspecified atom stereocenters. The van der Waals surface area contributed by atoms with Crippen molar-refractivity contribution in [2.24, 2.45) is 9.98 Å². The molecule has 0 bridgehead atoms. The van der Waals surface area contributed by atoms with Gasteiger partial charge in [-0.05, 0) is 19.4 Å².